The molecular weight excluding hydrogens is 212 g/mol. The van der Waals surface area contributed by atoms with E-state index in [1.165, 1.54) is 5.56 Å². The van der Waals surface area contributed by atoms with Gasteiger partial charge in [0.2, 0.25) is 0 Å². The topological polar surface area (TPSA) is 28.4 Å². The molecule has 0 aliphatic rings. The highest BCUT2D eigenvalue weighted by Gasteiger charge is 2.04. The average Bonchev–Trinajstić information content (AvgIpc) is 2.65. The van der Waals surface area contributed by atoms with Crippen LogP contribution >= 0.6 is 0 Å². The molecule has 1 rings (SSSR count). The Hall–Kier alpha value is -1.06. The van der Waals surface area contributed by atoms with Crippen LogP contribution in [0.3, 0.4) is 0 Å². The molecule has 0 radical (unpaired) electrons. The molecule has 0 spiro atoms. The molecule has 0 aliphatic carbocycles. The Bertz CT molecular complexity index is 331. The molecule has 0 saturated carbocycles. The van der Waals surface area contributed by atoms with Crippen LogP contribution in [0, 0.1) is 5.92 Å². The van der Waals surface area contributed by atoms with Gasteiger partial charge in [0.05, 0.1) is 12.8 Å². The highest BCUT2D eigenvalue weighted by molar-refractivity contribution is 5.12. The fourth-order valence-corrected chi connectivity index (χ4v) is 1.66. The number of hydrogen-bond acceptors (Lipinski definition) is 3. The van der Waals surface area contributed by atoms with Crippen LogP contribution in [-0.2, 0) is 13.1 Å². The van der Waals surface area contributed by atoms with Gasteiger partial charge in [-0.3, -0.25) is 4.90 Å². The van der Waals surface area contributed by atoms with Crippen LogP contribution in [0.1, 0.15) is 25.2 Å². The van der Waals surface area contributed by atoms with E-state index in [-0.39, 0.29) is 0 Å². The zero-order valence-electron chi connectivity index (χ0n) is 11.2. The summed E-state index contributed by atoms with van der Waals surface area (Å²) in [7, 11) is 2.06. The maximum absolute atomic E-state index is 5.52. The monoisotopic (exact) mass is 236 g/mol. The molecule has 0 aliphatic heterocycles. The zero-order chi connectivity index (χ0) is 12.7. The van der Waals surface area contributed by atoms with Crippen molar-refractivity contribution < 1.29 is 4.42 Å². The maximum atomic E-state index is 5.52. The standard InChI is InChI=1S/C14H24N2O/c1-5-6-16(4)10-14-7-13(11-17-14)9-15-8-12(2)3/h5,7,11-12,15H,1,6,8-10H2,2-4H3. The summed E-state index contributed by atoms with van der Waals surface area (Å²) in [6, 6.07) is 2.12. The minimum atomic E-state index is 0.681. The third kappa shape index (κ3) is 5.71. The summed E-state index contributed by atoms with van der Waals surface area (Å²) in [5, 5.41) is 3.40. The quantitative estimate of drug-likeness (QED) is 0.703. The lowest BCUT2D eigenvalue weighted by Gasteiger charge is -2.11. The molecule has 96 valence electrons. The highest BCUT2D eigenvalue weighted by Crippen LogP contribution is 2.09. The molecule has 0 unspecified atom stereocenters. The van der Waals surface area contributed by atoms with Crippen LogP contribution in [0.5, 0.6) is 0 Å². The van der Waals surface area contributed by atoms with Gasteiger partial charge < -0.3 is 9.73 Å². The third-order valence-corrected chi connectivity index (χ3v) is 2.46. The highest BCUT2D eigenvalue weighted by atomic mass is 16.3. The average molecular weight is 236 g/mol. The molecule has 0 bridgehead atoms. The smallest absolute Gasteiger partial charge is 0.118 e. The predicted molar refractivity (Wildman–Crippen MR) is 71.8 cm³/mol. The van der Waals surface area contributed by atoms with E-state index in [4.69, 9.17) is 4.42 Å². The Morgan fingerprint density at radius 1 is 1.53 bits per heavy atom. The first kappa shape index (κ1) is 14.0. The molecule has 3 heteroatoms. The number of nitrogens with one attached hydrogen (secondary N) is 1. The normalized spacial score (nSPS) is 11.4. The molecule has 3 nitrogen and oxygen atoms in total. The summed E-state index contributed by atoms with van der Waals surface area (Å²) in [6.07, 6.45) is 3.73. The minimum absolute atomic E-state index is 0.681. The summed E-state index contributed by atoms with van der Waals surface area (Å²) < 4.78 is 5.52. The lowest BCUT2D eigenvalue weighted by Crippen LogP contribution is -2.18. The fraction of sp³-hybridized carbons (Fsp3) is 0.571. The molecule has 0 aromatic carbocycles. The van der Waals surface area contributed by atoms with Gasteiger partial charge in [-0.1, -0.05) is 19.9 Å². The molecule has 1 aromatic rings. The summed E-state index contributed by atoms with van der Waals surface area (Å²) in [4.78, 5) is 2.16. The van der Waals surface area contributed by atoms with Crippen molar-refractivity contribution in [2.75, 3.05) is 20.1 Å². The van der Waals surface area contributed by atoms with Crippen LogP contribution in [-0.4, -0.2) is 25.0 Å². The number of rotatable bonds is 8. The summed E-state index contributed by atoms with van der Waals surface area (Å²) in [5.74, 6) is 1.69. The molecule has 0 amide bonds. The van der Waals surface area contributed by atoms with E-state index in [0.29, 0.717) is 5.92 Å². The lowest BCUT2D eigenvalue weighted by atomic mass is 10.2. The van der Waals surface area contributed by atoms with Crippen LogP contribution in [0.2, 0.25) is 0 Å². The van der Waals surface area contributed by atoms with Crippen molar-refractivity contribution in [3.8, 4) is 0 Å². The second-order valence-electron chi connectivity index (χ2n) is 4.93. The Balaban J connectivity index is 2.34. The Kier molecular flexibility index (Phi) is 6.01. The summed E-state index contributed by atoms with van der Waals surface area (Å²) >= 11 is 0. The van der Waals surface area contributed by atoms with E-state index in [1.54, 1.807) is 0 Å². The predicted octanol–water partition coefficient (Wildman–Crippen LogP) is 2.64. The van der Waals surface area contributed by atoms with E-state index in [2.05, 4.69) is 43.8 Å². The van der Waals surface area contributed by atoms with E-state index < -0.39 is 0 Å². The SMILES string of the molecule is C=CCN(C)Cc1cc(CNCC(C)C)co1. The van der Waals surface area contributed by atoms with Crippen molar-refractivity contribution >= 4 is 0 Å². The van der Waals surface area contributed by atoms with Crippen LogP contribution < -0.4 is 5.32 Å². The third-order valence-electron chi connectivity index (χ3n) is 2.46. The maximum Gasteiger partial charge on any atom is 0.118 e. The van der Waals surface area contributed by atoms with Crippen LogP contribution in [0.25, 0.3) is 0 Å². The molecule has 1 N–H and O–H groups in total. The van der Waals surface area contributed by atoms with Crippen molar-refractivity contribution in [2.24, 2.45) is 5.92 Å². The first-order valence-electron chi connectivity index (χ1n) is 6.18. The largest absolute Gasteiger partial charge is 0.468 e. The first-order chi connectivity index (χ1) is 8.11. The van der Waals surface area contributed by atoms with Gasteiger partial charge in [0.25, 0.3) is 0 Å². The van der Waals surface area contributed by atoms with Gasteiger partial charge >= 0.3 is 0 Å². The van der Waals surface area contributed by atoms with Crippen molar-refractivity contribution in [1.82, 2.24) is 10.2 Å². The molecule has 1 aromatic heterocycles. The summed E-state index contributed by atoms with van der Waals surface area (Å²) in [6.45, 7) is 11.8. The second-order valence-corrected chi connectivity index (χ2v) is 4.93. The molecule has 0 fully saturated rings. The number of hydrogen-bond donors (Lipinski definition) is 1. The van der Waals surface area contributed by atoms with E-state index >= 15 is 0 Å². The van der Waals surface area contributed by atoms with Crippen molar-refractivity contribution in [1.29, 1.82) is 0 Å². The van der Waals surface area contributed by atoms with Gasteiger partial charge in [0, 0.05) is 18.7 Å². The minimum Gasteiger partial charge on any atom is -0.468 e. The van der Waals surface area contributed by atoms with Gasteiger partial charge in [0.1, 0.15) is 5.76 Å². The number of likely N-dealkylation sites (N-methyl/N-ethyl adjacent to an activating group) is 1. The van der Waals surface area contributed by atoms with E-state index in [9.17, 15) is 0 Å². The zero-order valence-corrected chi connectivity index (χ0v) is 11.2. The lowest BCUT2D eigenvalue weighted by molar-refractivity contribution is 0.322. The second kappa shape index (κ2) is 7.30. The van der Waals surface area contributed by atoms with Gasteiger partial charge in [-0.2, -0.15) is 0 Å². The van der Waals surface area contributed by atoms with Crippen molar-refractivity contribution in [3.63, 3.8) is 0 Å². The molecule has 1 heterocycles. The van der Waals surface area contributed by atoms with Gasteiger partial charge in [0.15, 0.2) is 0 Å². The Morgan fingerprint density at radius 3 is 2.94 bits per heavy atom. The van der Waals surface area contributed by atoms with Crippen LogP contribution in [0.15, 0.2) is 29.4 Å². The van der Waals surface area contributed by atoms with Gasteiger partial charge in [-0.25, -0.2) is 0 Å². The number of nitrogens with zero attached hydrogens (tertiary/aromatic N) is 1. The van der Waals surface area contributed by atoms with E-state index in [0.717, 1.165) is 31.9 Å². The molecule has 0 atom stereocenters. The van der Waals surface area contributed by atoms with Gasteiger partial charge in [-0.05, 0) is 25.6 Å². The number of furan rings is 1. The fourth-order valence-electron chi connectivity index (χ4n) is 1.66. The molecule has 0 saturated heterocycles. The summed E-state index contributed by atoms with van der Waals surface area (Å²) in [5.41, 5.74) is 1.22. The van der Waals surface area contributed by atoms with E-state index in [1.807, 2.05) is 12.3 Å². The Morgan fingerprint density at radius 2 is 2.29 bits per heavy atom. The van der Waals surface area contributed by atoms with Crippen molar-refractivity contribution in [3.05, 3.63) is 36.3 Å². The van der Waals surface area contributed by atoms with Gasteiger partial charge in [-0.15, -0.1) is 6.58 Å². The Labute approximate surface area is 104 Å². The first-order valence-corrected chi connectivity index (χ1v) is 6.18. The molecular formula is C14H24N2O. The van der Waals surface area contributed by atoms with Crippen molar-refractivity contribution in [2.45, 2.75) is 26.9 Å². The molecule has 17 heavy (non-hydrogen) atoms. The van der Waals surface area contributed by atoms with Crippen LogP contribution in [0.4, 0.5) is 0 Å².